The Labute approximate surface area is 194 Å². The fourth-order valence-electron chi connectivity index (χ4n) is 4.25. The lowest BCUT2D eigenvalue weighted by atomic mass is 9.97. The van der Waals surface area contributed by atoms with Gasteiger partial charge in [0, 0.05) is 44.5 Å². The van der Waals surface area contributed by atoms with Crippen LogP contribution in [0, 0.1) is 11.3 Å². The number of ether oxygens (including phenoxy) is 2. The molecule has 0 fully saturated rings. The number of hydrogen-bond donors (Lipinski definition) is 0. The zero-order valence-electron chi connectivity index (χ0n) is 19.5. The summed E-state index contributed by atoms with van der Waals surface area (Å²) in [5.74, 6) is 1.53. The lowest BCUT2D eigenvalue weighted by Gasteiger charge is -2.19. The Morgan fingerprint density at radius 3 is 2.82 bits per heavy atom. The van der Waals surface area contributed by atoms with Crippen LogP contribution in [0.1, 0.15) is 37.0 Å². The summed E-state index contributed by atoms with van der Waals surface area (Å²) in [6, 6.07) is 13.9. The van der Waals surface area contributed by atoms with Crippen LogP contribution in [-0.4, -0.2) is 54.5 Å². The number of nitriles is 1. The second-order valence-corrected chi connectivity index (χ2v) is 8.54. The first-order valence-electron chi connectivity index (χ1n) is 11.5. The van der Waals surface area contributed by atoms with Gasteiger partial charge in [0.15, 0.2) is 0 Å². The molecule has 1 aliphatic rings. The highest BCUT2D eigenvalue weighted by atomic mass is 16.5. The molecule has 1 aliphatic heterocycles. The van der Waals surface area contributed by atoms with Crippen LogP contribution in [0.15, 0.2) is 40.9 Å². The van der Waals surface area contributed by atoms with E-state index in [1.807, 2.05) is 19.9 Å². The molecule has 0 spiro atoms. The molecule has 0 amide bonds. The summed E-state index contributed by atoms with van der Waals surface area (Å²) in [5.41, 5.74) is 4.80. The fourth-order valence-corrected chi connectivity index (χ4v) is 4.25. The molecule has 0 atom stereocenters. The van der Waals surface area contributed by atoms with Gasteiger partial charge in [0.05, 0.1) is 11.7 Å². The first-order chi connectivity index (χ1) is 16.1. The number of rotatable bonds is 8. The van der Waals surface area contributed by atoms with E-state index in [0.29, 0.717) is 28.6 Å². The lowest BCUT2D eigenvalue weighted by molar-refractivity contribution is 0.173. The quantitative estimate of drug-likeness (QED) is 0.471. The first kappa shape index (κ1) is 23.0. The SMILES string of the molecule is COCCCN1CCc2cccc(-c3noc(-c4ccc(OC(C)C)c(C#N)c4)n3)c2CC1. The zero-order valence-corrected chi connectivity index (χ0v) is 19.5. The molecular weight excluding hydrogens is 416 g/mol. The molecule has 7 nitrogen and oxygen atoms in total. The number of benzene rings is 2. The van der Waals surface area contributed by atoms with Crippen LogP contribution in [0.3, 0.4) is 0 Å². The third kappa shape index (κ3) is 5.41. The minimum Gasteiger partial charge on any atom is -0.490 e. The molecule has 3 aromatic rings. The molecule has 0 bridgehead atoms. The van der Waals surface area contributed by atoms with Gasteiger partial charge < -0.3 is 18.9 Å². The van der Waals surface area contributed by atoms with Crippen molar-refractivity contribution in [2.75, 3.05) is 33.4 Å². The smallest absolute Gasteiger partial charge is 0.258 e. The minimum atomic E-state index is -0.0119. The summed E-state index contributed by atoms with van der Waals surface area (Å²) in [6.45, 7) is 7.74. The molecule has 7 heteroatoms. The van der Waals surface area contributed by atoms with Crippen molar-refractivity contribution >= 4 is 0 Å². The third-order valence-corrected chi connectivity index (χ3v) is 5.85. The van der Waals surface area contributed by atoms with Crippen molar-refractivity contribution in [1.82, 2.24) is 15.0 Å². The number of methoxy groups -OCH3 is 1. The molecular formula is C26H30N4O3. The predicted octanol–water partition coefficient (Wildman–Crippen LogP) is 4.50. The summed E-state index contributed by atoms with van der Waals surface area (Å²) in [5, 5.41) is 13.8. The summed E-state index contributed by atoms with van der Waals surface area (Å²) in [7, 11) is 1.75. The second kappa shape index (κ2) is 10.6. The largest absolute Gasteiger partial charge is 0.490 e. The molecule has 4 rings (SSSR count). The molecule has 33 heavy (non-hydrogen) atoms. The Balaban J connectivity index is 1.57. The van der Waals surface area contributed by atoms with Crippen molar-refractivity contribution < 1.29 is 14.0 Å². The number of hydrogen-bond acceptors (Lipinski definition) is 7. The van der Waals surface area contributed by atoms with E-state index >= 15 is 0 Å². The van der Waals surface area contributed by atoms with Gasteiger partial charge in [-0.25, -0.2) is 0 Å². The van der Waals surface area contributed by atoms with Gasteiger partial charge in [0.2, 0.25) is 5.82 Å². The Morgan fingerprint density at radius 2 is 2.03 bits per heavy atom. The van der Waals surface area contributed by atoms with Gasteiger partial charge in [-0.3, -0.25) is 0 Å². The summed E-state index contributed by atoms with van der Waals surface area (Å²) < 4.78 is 16.5. The van der Waals surface area contributed by atoms with Gasteiger partial charge in [0.25, 0.3) is 5.89 Å². The highest BCUT2D eigenvalue weighted by Crippen LogP contribution is 2.31. The van der Waals surface area contributed by atoms with Gasteiger partial charge >= 0.3 is 0 Å². The van der Waals surface area contributed by atoms with Crippen LogP contribution in [-0.2, 0) is 17.6 Å². The van der Waals surface area contributed by atoms with Gasteiger partial charge in [-0.2, -0.15) is 10.2 Å². The van der Waals surface area contributed by atoms with E-state index in [-0.39, 0.29) is 6.10 Å². The summed E-state index contributed by atoms with van der Waals surface area (Å²) in [6.07, 6.45) is 2.98. The predicted molar refractivity (Wildman–Crippen MR) is 126 cm³/mol. The third-order valence-electron chi connectivity index (χ3n) is 5.85. The Hall–Kier alpha value is -3.21. The maximum atomic E-state index is 9.53. The Bertz CT molecular complexity index is 1130. The van der Waals surface area contributed by atoms with E-state index in [0.717, 1.165) is 51.1 Å². The molecule has 0 aliphatic carbocycles. The van der Waals surface area contributed by atoms with Crippen molar-refractivity contribution in [3.8, 4) is 34.7 Å². The molecule has 0 saturated heterocycles. The molecule has 2 aromatic carbocycles. The van der Waals surface area contributed by atoms with E-state index < -0.39 is 0 Å². The molecule has 0 N–H and O–H groups in total. The number of nitrogens with zero attached hydrogens (tertiary/aromatic N) is 4. The van der Waals surface area contributed by atoms with Crippen LogP contribution < -0.4 is 4.74 Å². The fraction of sp³-hybridized carbons (Fsp3) is 0.423. The molecule has 1 aromatic heterocycles. The highest BCUT2D eigenvalue weighted by Gasteiger charge is 2.20. The lowest BCUT2D eigenvalue weighted by Crippen LogP contribution is -2.28. The van der Waals surface area contributed by atoms with E-state index in [9.17, 15) is 5.26 Å². The average Bonchev–Trinajstić information content (AvgIpc) is 3.21. The standard InChI is InChI=1S/C26H30N4O3/c1-18(2)32-24-9-8-20(16-21(24)17-27)26-28-25(29-33-26)23-7-4-6-19-10-13-30(12-5-15-31-3)14-11-22(19)23/h4,6-9,16,18H,5,10-15H2,1-3H3. The topological polar surface area (TPSA) is 84.4 Å². The van der Waals surface area contributed by atoms with Crippen molar-refractivity contribution in [2.24, 2.45) is 0 Å². The maximum absolute atomic E-state index is 9.53. The van der Waals surface area contributed by atoms with Crippen molar-refractivity contribution in [2.45, 2.75) is 39.2 Å². The van der Waals surface area contributed by atoms with Gasteiger partial charge in [-0.15, -0.1) is 0 Å². The van der Waals surface area contributed by atoms with Gasteiger partial charge in [0.1, 0.15) is 11.8 Å². The van der Waals surface area contributed by atoms with Crippen LogP contribution in [0.2, 0.25) is 0 Å². The van der Waals surface area contributed by atoms with E-state index in [1.54, 1.807) is 19.2 Å². The maximum Gasteiger partial charge on any atom is 0.258 e. The Morgan fingerprint density at radius 1 is 1.18 bits per heavy atom. The first-order valence-corrected chi connectivity index (χ1v) is 11.5. The van der Waals surface area contributed by atoms with Crippen LogP contribution in [0.25, 0.3) is 22.8 Å². The molecule has 0 radical (unpaired) electrons. The van der Waals surface area contributed by atoms with E-state index in [4.69, 9.17) is 14.0 Å². The van der Waals surface area contributed by atoms with E-state index in [1.165, 1.54) is 11.1 Å². The monoisotopic (exact) mass is 446 g/mol. The van der Waals surface area contributed by atoms with Crippen LogP contribution in [0.4, 0.5) is 0 Å². The molecule has 0 saturated carbocycles. The molecule has 172 valence electrons. The Kier molecular flexibility index (Phi) is 7.38. The van der Waals surface area contributed by atoms with Gasteiger partial charge in [-0.05, 0) is 62.4 Å². The van der Waals surface area contributed by atoms with E-state index in [2.05, 4.69) is 39.3 Å². The average molecular weight is 447 g/mol. The van der Waals surface area contributed by atoms with Crippen molar-refractivity contribution in [3.05, 3.63) is 53.1 Å². The number of aromatic nitrogens is 2. The van der Waals surface area contributed by atoms with Crippen LogP contribution >= 0.6 is 0 Å². The summed E-state index contributed by atoms with van der Waals surface area (Å²) >= 11 is 0. The second-order valence-electron chi connectivity index (χ2n) is 8.54. The number of fused-ring (bicyclic) bond motifs is 1. The van der Waals surface area contributed by atoms with Gasteiger partial charge in [-0.1, -0.05) is 23.4 Å². The summed E-state index contributed by atoms with van der Waals surface area (Å²) in [4.78, 5) is 7.17. The zero-order chi connectivity index (χ0) is 23.2. The van der Waals surface area contributed by atoms with Crippen molar-refractivity contribution in [1.29, 1.82) is 5.26 Å². The minimum absolute atomic E-state index is 0.0119. The molecule has 0 unspecified atom stereocenters. The normalized spacial score (nSPS) is 14.0. The van der Waals surface area contributed by atoms with Crippen LogP contribution in [0.5, 0.6) is 5.75 Å². The van der Waals surface area contributed by atoms with Crippen molar-refractivity contribution in [3.63, 3.8) is 0 Å². The molecule has 2 heterocycles. The highest BCUT2D eigenvalue weighted by molar-refractivity contribution is 5.66.